The van der Waals surface area contributed by atoms with Gasteiger partial charge in [-0.3, -0.25) is 9.59 Å². The number of hydrogen-bond acceptors (Lipinski definition) is 5. The predicted molar refractivity (Wildman–Crippen MR) is 169 cm³/mol. The van der Waals surface area contributed by atoms with Crippen LogP contribution in [-0.4, -0.2) is 35.8 Å². The molecule has 0 aliphatic carbocycles. The van der Waals surface area contributed by atoms with E-state index in [-0.39, 0.29) is 5.91 Å². The summed E-state index contributed by atoms with van der Waals surface area (Å²) in [6.07, 6.45) is 0. The van der Waals surface area contributed by atoms with E-state index in [9.17, 15) is 9.59 Å². The third kappa shape index (κ3) is 5.92. The third-order valence-electron chi connectivity index (χ3n) is 6.88. The van der Waals surface area contributed by atoms with Crippen molar-refractivity contribution >= 4 is 34.9 Å². The normalized spacial score (nSPS) is 10.8. The number of rotatable bonds is 7. The molecule has 42 heavy (non-hydrogen) atoms. The van der Waals surface area contributed by atoms with Crippen molar-refractivity contribution in [2.75, 3.05) is 24.3 Å². The van der Waals surface area contributed by atoms with E-state index < -0.39 is 5.97 Å². The van der Waals surface area contributed by atoms with Crippen LogP contribution in [0.4, 0.5) is 11.4 Å². The number of amides is 1. The van der Waals surface area contributed by atoms with Gasteiger partial charge in [0, 0.05) is 38.0 Å². The SMILES string of the molecule is CC(=O)Oc1c(-c2ccc(NC(=O)c3ccccc3Cl)cc2)c(-c2ccc(N(C)C)cc2)nn1-c1cc(C)ccc1C. The molecule has 5 rings (SSSR count). The summed E-state index contributed by atoms with van der Waals surface area (Å²) in [7, 11) is 3.97. The molecule has 1 heterocycles. The minimum Gasteiger partial charge on any atom is -0.407 e. The number of ether oxygens (including phenoxy) is 1. The molecule has 7 nitrogen and oxygen atoms in total. The van der Waals surface area contributed by atoms with Gasteiger partial charge in [-0.1, -0.05) is 60.1 Å². The monoisotopic (exact) mass is 578 g/mol. The topological polar surface area (TPSA) is 76.5 Å². The molecular weight excluding hydrogens is 548 g/mol. The summed E-state index contributed by atoms with van der Waals surface area (Å²) in [5.74, 6) is -0.449. The summed E-state index contributed by atoms with van der Waals surface area (Å²) in [5, 5.41) is 8.29. The Labute approximate surface area is 250 Å². The molecule has 0 aliphatic heterocycles. The van der Waals surface area contributed by atoms with Crippen LogP contribution in [-0.2, 0) is 4.79 Å². The quantitative estimate of drug-likeness (QED) is 0.200. The Balaban J connectivity index is 1.65. The van der Waals surface area contributed by atoms with Crippen LogP contribution in [0.1, 0.15) is 28.4 Å². The molecule has 0 radical (unpaired) electrons. The summed E-state index contributed by atoms with van der Waals surface area (Å²) in [6, 6.07) is 28.4. The maximum absolute atomic E-state index is 12.8. The van der Waals surface area contributed by atoms with Crippen molar-refractivity contribution in [1.82, 2.24) is 9.78 Å². The van der Waals surface area contributed by atoms with Gasteiger partial charge in [0.15, 0.2) is 0 Å². The van der Waals surface area contributed by atoms with Crippen molar-refractivity contribution in [3.63, 3.8) is 0 Å². The first-order valence-corrected chi connectivity index (χ1v) is 13.8. The molecule has 4 aromatic carbocycles. The van der Waals surface area contributed by atoms with Crippen molar-refractivity contribution in [3.8, 4) is 34.0 Å². The van der Waals surface area contributed by atoms with E-state index in [1.807, 2.05) is 87.4 Å². The van der Waals surface area contributed by atoms with Gasteiger partial charge >= 0.3 is 5.97 Å². The number of esters is 1. The summed E-state index contributed by atoms with van der Waals surface area (Å²) in [5.41, 5.74) is 7.83. The maximum Gasteiger partial charge on any atom is 0.309 e. The summed E-state index contributed by atoms with van der Waals surface area (Å²) in [6.45, 7) is 5.38. The van der Waals surface area contributed by atoms with Gasteiger partial charge in [0.1, 0.15) is 5.69 Å². The second-order valence-corrected chi connectivity index (χ2v) is 10.7. The zero-order valence-electron chi connectivity index (χ0n) is 24.1. The molecule has 1 N–H and O–H groups in total. The fraction of sp³-hybridized carbons (Fsp3) is 0.147. The van der Waals surface area contributed by atoms with E-state index >= 15 is 0 Å². The summed E-state index contributed by atoms with van der Waals surface area (Å²) in [4.78, 5) is 27.3. The number of nitrogens with zero attached hydrogens (tertiary/aromatic N) is 3. The lowest BCUT2D eigenvalue weighted by molar-refractivity contribution is -0.132. The molecule has 0 unspecified atom stereocenters. The standard InChI is InChI=1S/C34H31ClN4O3/c1-21-10-11-22(2)30(20-21)39-34(42-23(3)40)31(32(37-39)25-14-18-27(19-15-25)38(4)5)24-12-16-26(17-13-24)36-33(41)28-8-6-7-9-29(28)35/h6-20H,1-5H3,(H,36,41). The van der Waals surface area contributed by atoms with Crippen LogP contribution in [0.25, 0.3) is 28.1 Å². The number of halogens is 1. The van der Waals surface area contributed by atoms with Crippen LogP contribution >= 0.6 is 11.6 Å². The van der Waals surface area contributed by atoms with Crippen molar-refractivity contribution in [2.24, 2.45) is 0 Å². The Morgan fingerprint density at radius 1 is 0.881 bits per heavy atom. The van der Waals surface area contributed by atoms with Crippen molar-refractivity contribution < 1.29 is 14.3 Å². The summed E-state index contributed by atoms with van der Waals surface area (Å²) < 4.78 is 7.57. The minimum absolute atomic E-state index is 0.307. The van der Waals surface area contributed by atoms with Crippen LogP contribution in [0, 0.1) is 13.8 Å². The Bertz CT molecular complexity index is 1770. The first-order chi connectivity index (χ1) is 20.1. The Morgan fingerprint density at radius 3 is 2.19 bits per heavy atom. The molecule has 1 aromatic heterocycles. The molecule has 0 fully saturated rings. The molecular formula is C34H31ClN4O3. The number of hydrogen-bond donors (Lipinski definition) is 1. The smallest absolute Gasteiger partial charge is 0.309 e. The van der Waals surface area contributed by atoms with Crippen LogP contribution in [0.5, 0.6) is 5.88 Å². The number of carbonyl (C=O) groups is 2. The van der Waals surface area contributed by atoms with E-state index in [1.54, 1.807) is 41.1 Å². The average Bonchev–Trinajstić information content (AvgIpc) is 3.33. The molecule has 5 aromatic rings. The van der Waals surface area contributed by atoms with Crippen LogP contribution < -0.4 is 15.0 Å². The van der Waals surface area contributed by atoms with E-state index in [2.05, 4.69) is 5.32 Å². The van der Waals surface area contributed by atoms with Gasteiger partial charge in [0.05, 0.1) is 21.8 Å². The number of carbonyl (C=O) groups excluding carboxylic acids is 2. The molecule has 212 valence electrons. The van der Waals surface area contributed by atoms with E-state index in [0.29, 0.717) is 33.4 Å². The summed E-state index contributed by atoms with van der Waals surface area (Å²) >= 11 is 6.21. The maximum atomic E-state index is 12.8. The third-order valence-corrected chi connectivity index (χ3v) is 7.21. The molecule has 0 saturated heterocycles. The zero-order valence-corrected chi connectivity index (χ0v) is 24.9. The molecule has 0 atom stereocenters. The molecule has 1 amide bonds. The highest BCUT2D eigenvalue weighted by atomic mass is 35.5. The largest absolute Gasteiger partial charge is 0.407 e. The highest BCUT2D eigenvalue weighted by Crippen LogP contribution is 2.42. The molecule has 0 aliphatic rings. The van der Waals surface area contributed by atoms with Gasteiger partial charge in [-0.25, -0.2) is 0 Å². The van der Waals surface area contributed by atoms with Crippen molar-refractivity contribution in [2.45, 2.75) is 20.8 Å². The Hall–Kier alpha value is -4.88. The fourth-order valence-corrected chi connectivity index (χ4v) is 4.91. The molecule has 8 heteroatoms. The van der Waals surface area contributed by atoms with Gasteiger partial charge in [0.25, 0.3) is 5.91 Å². The van der Waals surface area contributed by atoms with E-state index in [4.69, 9.17) is 21.4 Å². The highest BCUT2D eigenvalue weighted by molar-refractivity contribution is 6.34. The Morgan fingerprint density at radius 2 is 1.55 bits per heavy atom. The zero-order chi connectivity index (χ0) is 30.0. The van der Waals surface area contributed by atoms with Gasteiger partial charge in [-0.15, -0.1) is 0 Å². The first-order valence-electron chi connectivity index (χ1n) is 13.5. The van der Waals surface area contributed by atoms with E-state index in [1.165, 1.54) is 6.92 Å². The van der Waals surface area contributed by atoms with Crippen molar-refractivity contribution in [3.05, 3.63) is 113 Å². The molecule has 0 bridgehead atoms. The second-order valence-electron chi connectivity index (χ2n) is 10.3. The molecule has 0 saturated carbocycles. The van der Waals surface area contributed by atoms with Crippen molar-refractivity contribution in [1.29, 1.82) is 0 Å². The van der Waals surface area contributed by atoms with E-state index in [0.717, 1.165) is 33.6 Å². The van der Waals surface area contributed by atoms with Gasteiger partial charge in [0.2, 0.25) is 5.88 Å². The van der Waals surface area contributed by atoms with Crippen LogP contribution in [0.3, 0.4) is 0 Å². The number of aromatic nitrogens is 2. The predicted octanol–water partition coefficient (Wildman–Crippen LogP) is 7.72. The number of nitrogens with one attached hydrogen (secondary N) is 1. The Kier molecular flexibility index (Phi) is 8.13. The lowest BCUT2D eigenvalue weighted by Crippen LogP contribution is -2.12. The lowest BCUT2D eigenvalue weighted by atomic mass is 10.0. The van der Waals surface area contributed by atoms with Crippen LogP contribution in [0.15, 0.2) is 91.0 Å². The fourth-order valence-electron chi connectivity index (χ4n) is 4.69. The number of aryl methyl sites for hydroxylation is 2. The second kappa shape index (κ2) is 11.9. The first kappa shape index (κ1) is 28.6. The average molecular weight is 579 g/mol. The minimum atomic E-state index is -0.458. The lowest BCUT2D eigenvalue weighted by Gasteiger charge is -2.13. The van der Waals surface area contributed by atoms with Gasteiger partial charge in [-0.2, -0.15) is 9.78 Å². The van der Waals surface area contributed by atoms with Gasteiger partial charge in [-0.05, 0) is 73.0 Å². The highest BCUT2D eigenvalue weighted by Gasteiger charge is 2.25. The number of benzene rings is 4. The molecule has 0 spiro atoms. The van der Waals surface area contributed by atoms with Crippen LogP contribution in [0.2, 0.25) is 5.02 Å². The van der Waals surface area contributed by atoms with Gasteiger partial charge < -0.3 is 15.0 Å². The number of anilines is 2.